The fourth-order valence-electron chi connectivity index (χ4n) is 1.84. The summed E-state index contributed by atoms with van der Waals surface area (Å²) in [5.74, 6) is 1.69. The van der Waals surface area contributed by atoms with E-state index in [-0.39, 0.29) is 6.04 Å². The smallest absolute Gasteiger partial charge is 0.141 e. The van der Waals surface area contributed by atoms with Gasteiger partial charge in [0.15, 0.2) is 0 Å². The van der Waals surface area contributed by atoms with Gasteiger partial charge in [0, 0.05) is 6.04 Å². The van der Waals surface area contributed by atoms with E-state index in [1.54, 1.807) is 0 Å². The van der Waals surface area contributed by atoms with Crippen LogP contribution in [0.3, 0.4) is 0 Å². The van der Waals surface area contributed by atoms with Gasteiger partial charge in [0.25, 0.3) is 0 Å². The molecule has 0 radical (unpaired) electrons. The molecule has 0 spiro atoms. The predicted molar refractivity (Wildman–Crippen MR) is 82.7 cm³/mol. The minimum atomic E-state index is 0.0195. The van der Waals surface area contributed by atoms with E-state index in [1.807, 2.05) is 37.3 Å². The van der Waals surface area contributed by atoms with Gasteiger partial charge in [-0.25, -0.2) is 0 Å². The van der Waals surface area contributed by atoms with Crippen molar-refractivity contribution < 1.29 is 4.74 Å². The van der Waals surface area contributed by atoms with E-state index in [9.17, 15) is 0 Å². The second-order valence-corrected chi connectivity index (χ2v) is 5.63. The minimum absolute atomic E-state index is 0.0195. The molecule has 19 heavy (non-hydrogen) atoms. The largest absolute Gasteiger partial charge is 0.456 e. The van der Waals surface area contributed by atoms with E-state index >= 15 is 0 Å². The third-order valence-electron chi connectivity index (χ3n) is 3.26. The highest BCUT2D eigenvalue weighted by atomic mass is 79.9. The average Bonchev–Trinajstić information content (AvgIpc) is 2.37. The maximum Gasteiger partial charge on any atom is 0.141 e. The van der Waals surface area contributed by atoms with E-state index in [4.69, 9.17) is 10.5 Å². The Kier molecular flexibility index (Phi) is 4.27. The summed E-state index contributed by atoms with van der Waals surface area (Å²) < 4.78 is 6.89. The molecule has 0 aromatic heterocycles. The van der Waals surface area contributed by atoms with Gasteiger partial charge in [-0.15, -0.1) is 0 Å². The number of benzene rings is 2. The van der Waals surface area contributed by atoms with Gasteiger partial charge in [-0.3, -0.25) is 0 Å². The number of ether oxygens (including phenoxy) is 1. The van der Waals surface area contributed by atoms with E-state index in [0.717, 1.165) is 27.1 Å². The Balaban J connectivity index is 2.31. The van der Waals surface area contributed by atoms with Crippen molar-refractivity contribution in [1.29, 1.82) is 0 Å². The zero-order valence-corrected chi connectivity index (χ0v) is 13.0. The third-order valence-corrected chi connectivity index (χ3v) is 3.88. The van der Waals surface area contributed by atoms with Crippen molar-refractivity contribution in [2.24, 2.45) is 5.73 Å². The number of aryl methyl sites for hydroxylation is 1. The molecule has 0 aliphatic rings. The lowest BCUT2D eigenvalue weighted by atomic mass is 10.1. The second kappa shape index (κ2) is 5.76. The molecule has 0 heterocycles. The van der Waals surface area contributed by atoms with E-state index in [1.165, 1.54) is 5.56 Å². The molecule has 0 aliphatic carbocycles. The van der Waals surface area contributed by atoms with Crippen LogP contribution in [0.5, 0.6) is 11.5 Å². The Bertz CT molecular complexity index is 593. The highest BCUT2D eigenvalue weighted by molar-refractivity contribution is 9.10. The van der Waals surface area contributed by atoms with Crippen molar-refractivity contribution in [3.63, 3.8) is 0 Å². The van der Waals surface area contributed by atoms with E-state index in [0.29, 0.717) is 0 Å². The number of nitrogens with two attached hydrogens (primary N) is 1. The summed E-state index contributed by atoms with van der Waals surface area (Å²) in [6.07, 6.45) is 0. The summed E-state index contributed by atoms with van der Waals surface area (Å²) in [5, 5.41) is 0. The van der Waals surface area contributed by atoms with Crippen molar-refractivity contribution in [3.8, 4) is 11.5 Å². The normalized spacial score (nSPS) is 12.3. The second-order valence-electron chi connectivity index (χ2n) is 4.78. The standard InChI is InChI=1S/C16H18BrNO/c1-10-5-4-6-15(11(10)2)19-16-8-7-13(12(3)18)9-14(16)17/h4-9,12H,18H2,1-3H3/t12-/m1/s1. The minimum Gasteiger partial charge on any atom is -0.456 e. The van der Waals surface area contributed by atoms with Crippen LogP contribution in [0.1, 0.15) is 29.7 Å². The summed E-state index contributed by atoms with van der Waals surface area (Å²) in [4.78, 5) is 0. The SMILES string of the molecule is Cc1cccc(Oc2ccc([C@@H](C)N)cc2Br)c1C. The molecule has 0 fully saturated rings. The molecule has 2 aromatic rings. The third kappa shape index (κ3) is 3.17. The molecule has 1 atom stereocenters. The van der Waals surface area contributed by atoms with Crippen LogP contribution in [0.15, 0.2) is 40.9 Å². The lowest BCUT2D eigenvalue weighted by Crippen LogP contribution is -2.04. The Hall–Kier alpha value is -1.32. The zero-order chi connectivity index (χ0) is 14.0. The van der Waals surface area contributed by atoms with Crippen molar-refractivity contribution in [1.82, 2.24) is 0 Å². The van der Waals surface area contributed by atoms with Crippen molar-refractivity contribution in [2.45, 2.75) is 26.8 Å². The number of hydrogen-bond acceptors (Lipinski definition) is 2. The summed E-state index contributed by atoms with van der Waals surface area (Å²) in [7, 11) is 0. The molecular weight excluding hydrogens is 302 g/mol. The lowest BCUT2D eigenvalue weighted by molar-refractivity contribution is 0.475. The fourth-order valence-corrected chi connectivity index (χ4v) is 2.31. The lowest BCUT2D eigenvalue weighted by Gasteiger charge is -2.13. The topological polar surface area (TPSA) is 35.2 Å². The molecule has 0 saturated heterocycles. The molecule has 2 nitrogen and oxygen atoms in total. The van der Waals surface area contributed by atoms with E-state index < -0.39 is 0 Å². The first-order chi connectivity index (χ1) is 8.99. The average molecular weight is 320 g/mol. The Labute approximate surface area is 122 Å². The van der Waals surface area contributed by atoms with Crippen molar-refractivity contribution in [3.05, 3.63) is 57.6 Å². The monoisotopic (exact) mass is 319 g/mol. The molecule has 0 unspecified atom stereocenters. The Morgan fingerprint density at radius 2 is 1.84 bits per heavy atom. The van der Waals surface area contributed by atoms with Crippen LogP contribution in [-0.2, 0) is 0 Å². The van der Waals surface area contributed by atoms with Crippen molar-refractivity contribution >= 4 is 15.9 Å². The Morgan fingerprint density at radius 3 is 2.47 bits per heavy atom. The summed E-state index contributed by atoms with van der Waals surface area (Å²) >= 11 is 3.54. The van der Waals surface area contributed by atoms with Gasteiger partial charge in [-0.1, -0.05) is 18.2 Å². The first-order valence-electron chi connectivity index (χ1n) is 6.28. The predicted octanol–water partition coefficient (Wildman–Crippen LogP) is 4.88. The quantitative estimate of drug-likeness (QED) is 0.875. The summed E-state index contributed by atoms with van der Waals surface area (Å²) in [6, 6.07) is 12.0. The Morgan fingerprint density at radius 1 is 1.11 bits per heavy atom. The maximum atomic E-state index is 5.97. The molecule has 2 rings (SSSR count). The maximum absolute atomic E-state index is 5.97. The molecule has 0 bridgehead atoms. The number of halogens is 1. The van der Waals surface area contributed by atoms with Crippen molar-refractivity contribution in [2.75, 3.05) is 0 Å². The van der Waals surface area contributed by atoms with Gasteiger partial charge in [-0.2, -0.15) is 0 Å². The van der Waals surface area contributed by atoms with Crippen LogP contribution < -0.4 is 10.5 Å². The first-order valence-corrected chi connectivity index (χ1v) is 7.07. The first kappa shape index (κ1) is 14.1. The molecular formula is C16H18BrNO. The van der Waals surface area contributed by atoms with Crippen LogP contribution >= 0.6 is 15.9 Å². The van der Waals surface area contributed by atoms with Crippen LogP contribution in [0.2, 0.25) is 0 Å². The molecule has 3 heteroatoms. The molecule has 0 saturated carbocycles. The van der Waals surface area contributed by atoms with Crippen LogP contribution in [0.4, 0.5) is 0 Å². The van der Waals surface area contributed by atoms with Gasteiger partial charge in [-0.05, 0) is 71.6 Å². The highest BCUT2D eigenvalue weighted by Gasteiger charge is 2.08. The van der Waals surface area contributed by atoms with Gasteiger partial charge in [0.05, 0.1) is 4.47 Å². The molecule has 2 aromatic carbocycles. The van der Waals surface area contributed by atoms with Gasteiger partial charge in [0.2, 0.25) is 0 Å². The molecule has 100 valence electrons. The van der Waals surface area contributed by atoms with Crippen LogP contribution in [0, 0.1) is 13.8 Å². The molecule has 0 aliphatic heterocycles. The summed E-state index contributed by atoms with van der Waals surface area (Å²) in [5.41, 5.74) is 9.33. The van der Waals surface area contributed by atoms with Crippen LogP contribution in [0.25, 0.3) is 0 Å². The van der Waals surface area contributed by atoms with Gasteiger partial charge >= 0.3 is 0 Å². The number of hydrogen-bond donors (Lipinski definition) is 1. The summed E-state index contributed by atoms with van der Waals surface area (Å²) in [6.45, 7) is 6.11. The van der Waals surface area contributed by atoms with E-state index in [2.05, 4.69) is 35.8 Å². The molecule has 0 amide bonds. The number of rotatable bonds is 3. The van der Waals surface area contributed by atoms with Gasteiger partial charge < -0.3 is 10.5 Å². The van der Waals surface area contributed by atoms with Crippen LogP contribution in [-0.4, -0.2) is 0 Å². The molecule has 2 N–H and O–H groups in total. The highest BCUT2D eigenvalue weighted by Crippen LogP contribution is 2.33. The van der Waals surface area contributed by atoms with Gasteiger partial charge in [0.1, 0.15) is 11.5 Å². The fraction of sp³-hybridized carbons (Fsp3) is 0.250. The zero-order valence-electron chi connectivity index (χ0n) is 11.4.